The van der Waals surface area contributed by atoms with Gasteiger partial charge in [-0.25, -0.2) is 0 Å². The molecule has 3 nitrogen and oxygen atoms in total. The van der Waals surface area contributed by atoms with Gasteiger partial charge in [0.25, 0.3) is 0 Å². The van der Waals surface area contributed by atoms with Crippen LogP contribution in [0.3, 0.4) is 0 Å². The molecule has 0 heterocycles. The van der Waals surface area contributed by atoms with Crippen molar-refractivity contribution >= 4 is 0 Å². The zero-order valence-corrected chi connectivity index (χ0v) is 14.7. The van der Waals surface area contributed by atoms with Crippen LogP contribution in [0.4, 0.5) is 0 Å². The van der Waals surface area contributed by atoms with Gasteiger partial charge in [0.05, 0.1) is 0 Å². The van der Waals surface area contributed by atoms with E-state index >= 15 is 0 Å². The van der Waals surface area contributed by atoms with E-state index in [2.05, 4.69) is 25.7 Å². The van der Waals surface area contributed by atoms with Crippen LogP contribution in [-0.4, -0.2) is 35.5 Å². The number of rotatable bonds is 3. The average molecular weight is 213 g/mol. The summed E-state index contributed by atoms with van der Waals surface area (Å²) in [5.74, 6) is 0. The first-order valence-corrected chi connectivity index (χ1v) is 3.07. The number of hydrogen-bond acceptors (Lipinski definition) is 3. The molecule has 2 N–H and O–H groups in total. The van der Waals surface area contributed by atoms with Gasteiger partial charge in [-0.2, -0.15) is 0 Å². The van der Waals surface area contributed by atoms with Crippen molar-refractivity contribution in [3.8, 4) is 0 Å². The molecular weight excluding hydrogens is 196 g/mol. The Labute approximate surface area is 155 Å². The van der Waals surface area contributed by atoms with E-state index < -0.39 is 0 Å². The van der Waals surface area contributed by atoms with Crippen LogP contribution in [0.15, 0.2) is 0 Å². The third-order valence-electron chi connectivity index (χ3n) is 1.34. The largest absolute Gasteiger partial charge is 1.00 e. The van der Waals surface area contributed by atoms with Crippen LogP contribution in [0.25, 0.3) is 0 Å². The van der Waals surface area contributed by atoms with Gasteiger partial charge in [-0.15, -0.1) is 0 Å². The van der Waals surface area contributed by atoms with Crippen molar-refractivity contribution in [3.05, 3.63) is 0 Å². The predicted molar refractivity (Wildman–Crippen MR) is 37.3 cm³/mol. The molecule has 0 aliphatic rings. The fourth-order valence-corrected chi connectivity index (χ4v) is 0.671. The Morgan fingerprint density at radius 1 is 0.727 bits per heavy atom. The molecule has 0 fully saturated rings. The monoisotopic (exact) mass is 213 g/mol. The van der Waals surface area contributed by atoms with E-state index in [9.17, 15) is 0 Å². The summed E-state index contributed by atoms with van der Waals surface area (Å²) in [5.41, 5.74) is 0. The van der Waals surface area contributed by atoms with Crippen LogP contribution < -0.4 is 103 Å². The third kappa shape index (κ3) is 19.5. The summed E-state index contributed by atoms with van der Waals surface area (Å²) in [7, 11) is 0. The summed E-state index contributed by atoms with van der Waals surface area (Å²) in [6.45, 7) is 10.1. The minimum absolute atomic E-state index is 0. The number of hydrogen-bond donors (Lipinski definition) is 0. The summed E-state index contributed by atoms with van der Waals surface area (Å²) < 4.78 is 0. The smallest absolute Gasteiger partial charge is 0.870 e. The Balaban J connectivity index is -0.0000000300. The molecular formula is C6H17K2NO2. The van der Waals surface area contributed by atoms with E-state index in [1.165, 1.54) is 19.6 Å². The van der Waals surface area contributed by atoms with E-state index in [4.69, 9.17) is 0 Å². The van der Waals surface area contributed by atoms with E-state index in [-0.39, 0.29) is 114 Å². The quantitative estimate of drug-likeness (QED) is 0.441. The van der Waals surface area contributed by atoms with Crippen LogP contribution >= 0.6 is 0 Å². The summed E-state index contributed by atoms with van der Waals surface area (Å²) in [6, 6.07) is 0. The van der Waals surface area contributed by atoms with Crippen molar-refractivity contribution in [2.24, 2.45) is 0 Å². The molecule has 11 heavy (non-hydrogen) atoms. The molecule has 0 spiro atoms. The molecule has 0 radical (unpaired) electrons. The second-order valence-corrected chi connectivity index (χ2v) is 1.62. The van der Waals surface area contributed by atoms with E-state index in [0.29, 0.717) is 0 Å². The van der Waals surface area contributed by atoms with Gasteiger partial charge in [-0.3, -0.25) is 0 Å². The van der Waals surface area contributed by atoms with Crippen LogP contribution in [0.2, 0.25) is 0 Å². The van der Waals surface area contributed by atoms with Crippen LogP contribution in [0.5, 0.6) is 0 Å². The van der Waals surface area contributed by atoms with Gasteiger partial charge in [0.1, 0.15) is 0 Å². The van der Waals surface area contributed by atoms with Crippen molar-refractivity contribution in [2.45, 2.75) is 20.8 Å². The molecule has 0 aliphatic heterocycles. The molecule has 0 aromatic heterocycles. The second kappa shape index (κ2) is 23.2. The maximum absolute atomic E-state index is 2.38. The van der Waals surface area contributed by atoms with E-state index in [1.807, 2.05) is 0 Å². The molecule has 0 aromatic rings. The van der Waals surface area contributed by atoms with E-state index in [1.54, 1.807) is 0 Å². The predicted octanol–water partition coefficient (Wildman–Crippen LogP) is -5.00. The first-order valence-electron chi connectivity index (χ1n) is 3.07. The van der Waals surface area contributed by atoms with Crippen molar-refractivity contribution in [2.75, 3.05) is 19.6 Å². The van der Waals surface area contributed by atoms with Gasteiger partial charge < -0.3 is 15.9 Å². The van der Waals surface area contributed by atoms with Crippen molar-refractivity contribution in [1.29, 1.82) is 0 Å². The summed E-state index contributed by atoms with van der Waals surface area (Å²) in [5, 5.41) is 0. The van der Waals surface area contributed by atoms with E-state index in [0.717, 1.165) is 0 Å². The topological polar surface area (TPSA) is 63.2 Å². The molecule has 0 saturated carbocycles. The third-order valence-corrected chi connectivity index (χ3v) is 1.34. The molecule has 0 aliphatic carbocycles. The fourth-order valence-electron chi connectivity index (χ4n) is 0.671. The maximum atomic E-state index is 2.38. The first-order chi connectivity index (χ1) is 3.35. The van der Waals surface area contributed by atoms with Crippen LogP contribution in [0.1, 0.15) is 20.8 Å². The Hall–Kier alpha value is 3.15. The van der Waals surface area contributed by atoms with Crippen LogP contribution in [-0.2, 0) is 0 Å². The minimum Gasteiger partial charge on any atom is -0.870 e. The molecule has 0 saturated heterocycles. The Kier molecular flexibility index (Phi) is 61.6. The standard InChI is InChI=1S/C6H15N.2K.2H2O/c1-4-7(5-2)6-3;;;;/h4-6H2,1-3H3;;;2*1H2/q;2*+1;;/p-2. The molecule has 0 amide bonds. The normalized spacial score (nSPS) is 6.55. The first kappa shape index (κ1) is 29.2. The van der Waals surface area contributed by atoms with Gasteiger partial charge in [0, 0.05) is 0 Å². The van der Waals surface area contributed by atoms with Gasteiger partial charge >= 0.3 is 103 Å². The summed E-state index contributed by atoms with van der Waals surface area (Å²) in [4.78, 5) is 2.38. The summed E-state index contributed by atoms with van der Waals surface area (Å²) in [6.07, 6.45) is 0. The zero-order valence-electron chi connectivity index (χ0n) is 8.46. The van der Waals surface area contributed by atoms with Gasteiger partial charge in [0.15, 0.2) is 0 Å². The maximum Gasteiger partial charge on any atom is 1.00 e. The minimum atomic E-state index is 0. The molecule has 0 bridgehead atoms. The molecule has 0 aromatic carbocycles. The van der Waals surface area contributed by atoms with Gasteiger partial charge in [-0.05, 0) is 19.6 Å². The molecule has 5 heteroatoms. The molecule has 60 valence electrons. The number of nitrogens with zero attached hydrogens (tertiary/aromatic N) is 1. The van der Waals surface area contributed by atoms with Gasteiger partial charge in [0.2, 0.25) is 0 Å². The van der Waals surface area contributed by atoms with Gasteiger partial charge in [-0.1, -0.05) is 20.8 Å². The Morgan fingerprint density at radius 2 is 0.909 bits per heavy atom. The second-order valence-electron chi connectivity index (χ2n) is 1.62. The van der Waals surface area contributed by atoms with Crippen molar-refractivity contribution in [1.82, 2.24) is 4.90 Å². The fraction of sp³-hybridized carbons (Fsp3) is 1.00. The van der Waals surface area contributed by atoms with Crippen LogP contribution in [0, 0.1) is 0 Å². The molecule has 0 rings (SSSR count). The Morgan fingerprint density at radius 3 is 0.909 bits per heavy atom. The average Bonchev–Trinajstić information content (AvgIpc) is 1.72. The van der Waals surface area contributed by atoms with Crippen molar-refractivity contribution in [3.63, 3.8) is 0 Å². The van der Waals surface area contributed by atoms with Crippen molar-refractivity contribution < 1.29 is 114 Å². The SMILES string of the molecule is CCN(CC)CC.[K+].[K+].[OH-].[OH-]. The zero-order chi connectivity index (χ0) is 5.70. The summed E-state index contributed by atoms with van der Waals surface area (Å²) >= 11 is 0. The molecule has 0 unspecified atom stereocenters. The Bertz CT molecular complexity index is 40.1. The molecule has 0 atom stereocenters.